The third-order valence-electron chi connectivity index (χ3n) is 2.61. The molecule has 0 aromatic rings. The lowest BCUT2D eigenvalue weighted by Gasteiger charge is -2.14. The van der Waals surface area contributed by atoms with E-state index in [1.165, 1.54) is 0 Å². The zero-order valence-corrected chi connectivity index (χ0v) is 10.1. The number of hydrogen-bond donors (Lipinski definition) is 0. The van der Waals surface area contributed by atoms with E-state index in [1.807, 2.05) is 13.8 Å². The highest BCUT2D eigenvalue weighted by Crippen LogP contribution is 2.24. The van der Waals surface area contributed by atoms with Crippen LogP contribution in [0.5, 0.6) is 0 Å². The molecule has 0 fully saturated rings. The first-order valence-corrected chi connectivity index (χ1v) is 6.00. The fourth-order valence-corrected chi connectivity index (χ4v) is 1.83. The molecule has 0 aliphatic carbocycles. The van der Waals surface area contributed by atoms with E-state index >= 15 is 0 Å². The van der Waals surface area contributed by atoms with Crippen molar-refractivity contribution in [1.29, 1.82) is 0 Å². The highest BCUT2D eigenvalue weighted by atomic mass is 19.4. The Labute approximate surface area is 95.4 Å². The summed E-state index contributed by atoms with van der Waals surface area (Å²) in [6.07, 6.45) is -1.53. The van der Waals surface area contributed by atoms with Gasteiger partial charge < -0.3 is 0 Å². The highest BCUT2D eigenvalue weighted by Gasteiger charge is 2.27. The van der Waals surface area contributed by atoms with Crippen LogP contribution in [0.2, 0.25) is 0 Å². The van der Waals surface area contributed by atoms with Gasteiger partial charge in [0.25, 0.3) is 0 Å². The second kappa shape index (κ2) is 7.69. The van der Waals surface area contributed by atoms with Crippen LogP contribution in [0.1, 0.15) is 58.8 Å². The molecule has 0 N–H and O–H groups in total. The third kappa shape index (κ3) is 7.71. The van der Waals surface area contributed by atoms with Gasteiger partial charge in [-0.15, -0.1) is 0 Å². The molecule has 0 bridgehead atoms. The van der Waals surface area contributed by atoms with E-state index in [0.29, 0.717) is 0 Å². The van der Waals surface area contributed by atoms with Crippen LogP contribution in [0.15, 0.2) is 0 Å². The van der Waals surface area contributed by atoms with Crippen LogP contribution in [-0.4, -0.2) is 12.0 Å². The van der Waals surface area contributed by atoms with Gasteiger partial charge in [0, 0.05) is 18.8 Å². The molecule has 0 aromatic carbocycles. The smallest absolute Gasteiger partial charge is 0.299 e. The predicted octanol–water partition coefficient (Wildman–Crippen LogP) is 4.50. The Hall–Kier alpha value is -0.540. The first-order chi connectivity index (χ1) is 7.40. The molecule has 0 atom stereocenters. The van der Waals surface area contributed by atoms with Crippen LogP contribution in [0, 0.1) is 5.92 Å². The molecule has 0 heterocycles. The molecular formula is C12H21F3O. The number of alkyl halides is 3. The Balaban J connectivity index is 3.91. The fourth-order valence-electron chi connectivity index (χ4n) is 1.83. The Bertz CT molecular complexity index is 193. The van der Waals surface area contributed by atoms with Crippen LogP contribution in [-0.2, 0) is 4.79 Å². The molecule has 4 heteroatoms. The van der Waals surface area contributed by atoms with Crippen molar-refractivity contribution in [3.05, 3.63) is 0 Å². The number of carbonyl (C=O) groups excluding carboxylic acids is 1. The first kappa shape index (κ1) is 15.5. The summed E-state index contributed by atoms with van der Waals surface area (Å²) < 4.78 is 35.7. The van der Waals surface area contributed by atoms with E-state index in [4.69, 9.17) is 0 Å². The van der Waals surface area contributed by atoms with Crippen molar-refractivity contribution < 1.29 is 18.0 Å². The number of hydrogen-bond acceptors (Lipinski definition) is 1. The summed E-state index contributed by atoms with van der Waals surface area (Å²) in [4.78, 5) is 11.6. The first-order valence-electron chi connectivity index (χ1n) is 6.00. The second-order valence-corrected chi connectivity index (χ2v) is 4.21. The monoisotopic (exact) mass is 238 g/mol. The number of halogens is 3. The summed E-state index contributed by atoms with van der Waals surface area (Å²) >= 11 is 0. The van der Waals surface area contributed by atoms with E-state index in [9.17, 15) is 18.0 Å². The third-order valence-corrected chi connectivity index (χ3v) is 2.61. The average molecular weight is 238 g/mol. The largest absolute Gasteiger partial charge is 0.389 e. The van der Waals surface area contributed by atoms with Crippen LogP contribution < -0.4 is 0 Å². The maximum atomic E-state index is 11.9. The van der Waals surface area contributed by atoms with Crippen molar-refractivity contribution in [2.75, 3.05) is 0 Å². The number of rotatable bonds is 8. The molecular weight excluding hydrogens is 217 g/mol. The summed E-state index contributed by atoms with van der Waals surface area (Å²) in [5.74, 6) is -0.0174. The van der Waals surface area contributed by atoms with Gasteiger partial charge in [-0.1, -0.05) is 26.7 Å². The Morgan fingerprint density at radius 2 is 1.62 bits per heavy atom. The van der Waals surface area contributed by atoms with Crippen molar-refractivity contribution in [3.8, 4) is 0 Å². The lowest BCUT2D eigenvalue weighted by atomic mass is 9.91. The van der Waals surface area contributed by atoms with E-state index in [-0.39, 0.29) is 24.5 Å². The summed E-state index contributed by atoms with van der Waals surface area (Å²) in [5.41, 5.74) is 0. The van der Waals surface area contributed by atoms with Crippen molar-refractivity contribution in [1.82, 2.24) is 0 Å². The quantitative estimate of drug-likeness (QED) is 0.608. The molecule has 0 saturated heterocycles. The molecule has 16 heavy (non-hydrogen) atoms. The predicted molar refractivity (Wildman–Crippen MR) is 58.2 cm³/mol. The van der Waals surface area contributed by atoms with Crippen molar-refractivity contribution in [2.45, 2.75) is 65.0 Å². The molecule has 0 amide bonds. The van der Waals surface area contributed by atoms with Gasteiger partial charge in [0.2, 0.25) is 0 Å². The van der Waals surface area contributed by atoms with Gasteiger partial charge in [-0.25, -0.2) is 0 Å². The van der Waals surface area contributed by atoms with Crippen LogP contribution in [0.25, 0.3) is 0 Å². The second-order valence-electron chi connectivity index (χ2n) is 4.21. The van der Waals surface area contributed by atoms with E-state index in [0.717, 1.165) is 25.7 Å². The normalized spacial score (nSPS) is 12.1. The zero-order valence-electron chi connectivity index (χ0n) is 10.1. The Kier molecular flexibility index (Phi) is 7.43. The van der Waals surface area contributed by atoms with Crippen molar-refractivity contribution in [3.63, 3.8) is 0 Å². The maximum Gasteiger partial charge on any atom is 0.389 e. The maximum absolute atomic E-state index is 11.9. The summed E-state index contributed by atoms with van der Waals surface area (Å²) in [5, 5.41) is 0. The topological polar surface area (TPSA) is 17.1 Å². The zero-order chi connectivity index (χ0) is 12.6. The van der Waals surface area contributed by atoms with E-state index in [2.05, 4.69) is 0 Å². The molecule has 0 aromatic heterocycles. The molecule has 0 aliphatic rings. The molecule has 0 spiro atoms. The molecule has 0 radical (unpaired) electrons. The van der Waals surface area contributed by atoms with Gasteiger partial charge in [0.1, 0.15) is 5.78 Å². The summed E-state index contributed by atoms with van der Waals surface area (Å²) in [6, 6.07) is 0. The van der Waals surface area contributed by atoms with Gasteiger partial charge >= 0.3 is 6.18 Å². The molecule has 0 unspecified atom stereocenters. The number of Topliss-reactive ketones (excluding diaryl/α,β-unsaturated/α-hetero) is 1. The lowest BCUT2D eigenvalue weighted by molar-refractivity contribution is -0.137. The Morgan fingerprint density at radius 3 is 2.00 bits per heavy atom. The van der Waals surface area contributed by atoms with Crippen molar-refractivity contribution >= 4 is 5.78 Å². The molecule has 0 aliphatic heterocycles. The van der Waals surface area contributed by atoms with E-state index in [1.54, 1.807) is 0 Å². The van der Waals surface area contributed by atoms with Crippen molar-refractivity contribution in [2.24, 2.45) is 5.92 Å². The number of ketones is 1. The molecule has 0 saturated carbocycles. The van der Waals surface area contributed by atoms with Gasteiger partial charge in [0.05, 0.1) is 0 Å². The van der Waals surface area contributed by atoms with Gasteiger partial charge in [-0.2, -0.15) is 13.2 Å². The Morgan fingerprint density at radius 1 is 1.12 bits per heavy atom. The molecule has 1 nitrogen and oxygen atoms in total. The SMILES string of the molecule is CCCC(CCC)C(=O)CCCC(F)(F)F. The minimum atomic E-state index is -4.13. The fraction of sp³-hybridized carbons (Fsp3) is 0.917. The average Bonchev–Trinajstić information content (AvgIpc) is 2.15. The van der Waals surface area contributed by atoms with Crippen LogP contribution in [0.3, 0.4) is 0 Å². The highest BCUT2D eigenvalue weighted by molar-refractivity contribution is 5.80. The molecule has 96 valence electrons. The summed E-state index contributed by atoms with van der Waals surface area (Å²) in [7, 11) is 0. The minimum absolute atomic E-state index is 0.00736. The van der Waals surface area contributed by atoms with Gasteiger partial charge in [-0.05, 0) is 19.3 Å². The lowest BCUT2D eigenvalue weighted by Crippen LogP contribution is -2.15. The van der Waals surface area contributed by atoms with Crippen LogP contribution >= 0.6 is 0 Å². The van der Waals surface area contributed by atoms with Crippen LogP contribution in [0.4, 0.5) is 13.2 Å². The van der Waals surface area contributed by atoms with Gasteiger partial charge in [-0.3, -0.25) is 4.79 Å². The summed E-state index contributed by atoms with van der Waals surface area (Å²) in [6.45, 7) is 3.98. The molecule has 0 rings (SSSR count). The van der Waals surface area contributed by atoms with E-state index < -0.39 is 12.6 Å². The number of carbonyl (C=O) groups is 1. The minimum Gasteiger partial charge on any atom is -0.299 e. The standard InChI is InChI=1S/C12H21F3O/c1-3-6-10(7-4-2)11(16)8-5-9-12(13,14)15/h10H,3-9H2,1-2H3. The van der Waals surface area contributed by atoms with Gasteiger partial charge in [0.15, 0.2) is 0 Å².